The molecule has 1 unspecified atom stereocenters. The van der Waals surface area contributed by atoms with Gasteiger partial charge in [-0.25, -0.2) is 4.39 Å². The molecule has 1 aliphatic rings. The second-order valence-electron chi connectivity index (χ2n) is 5.25. The highest BCUT2D eigenvalue weighted by Gasteiger charge is 2.23. The molecule has 23 heavy (non-hydrogen) atoms. The van der Waals surface area contributed by atoms with Crippen molar-refractivity contribution >= 4 is 30.7 Å². The summed E-state index contributed by atoms with van der Waals surface area (Å²) in [6.45, 7) is 4.86. The number of hydrogen-bond acceptors (Lipinski definition) is 4. The molecule has 1 aromatic rings. The molecule has 1 fully saturated rings. The monoisotopic (exact) mass is 367 g/mol. The number of carbonyl (C=O) groups is 1. The Labute approximate surface area is 148 Å². The maximum absolute atomic E-state index is 13.5. The van der Waals surface area contributed by atoms with Crippen LogP contribution in [0.2, 0.25) is 0 Å². The Bertz CT molecular complexity index is 486. The standard InChI is InChI=1S/C15H22FN3O2.2ClH/c1-11(17)15(20)18-10-14(19-5-7-21-8-6-19)12-3-2-4-13(16)9-12;;/h2-4,9,11,14H,5-8,10,17H2,1H3,(H,18,20);2*1H/t11-,14?;;/m1../s1. The molecular weight excluding hydrogens is 344 g/mol. The number of nitrogens with one attached hydrogen (secondary N) is 1. The quantitative estimate of drug-likeness (QED) is 0.827. The van der Waals surface area contributed by atoms with Crippen molar-refractivity contribution in [1.29, 1.82) is 0 Å². The lowest BCUT2D eigenvalue weighted by Crippen LogP contribution is -2.46. The fourth-order valence-corrected chi connectivity index (χ4v) is 2.42. The third kappa shape index (κ3) is 6.61. The molecular formula is C15H24Cl2FN3O2. The summed E-state index contributed by atoms with van der Waals surface area (Å²) in [5.41, 5.74) is 6.41. The summed E-state index contributed by atoms with van der Waals surface area (Å²) in [5.74, 6) is -0.478. The van der Waals surface area contributed by atoms with E-state index in [9.17, 15) is 9.18 Å². The lowest BCUT2D eigenvalue weighted by molar-refractivity contribution is -0.122. The summed E-state index contributed by atoms with van der Waals surface area (Å²) in [5, 5.41) is 2.83. The Morgan fingerprint density at radius 3 is 2.61 bits per heavy atom. The van der Waals surface area contributed by atoms with Gasteiger partial charge in [0.25, 0.3) is 0 Å². The number of ether oxygens (including phenoxy) is 1. The Hall–Kier alpha value is -0.920. The lowest BCUT2D eigenvalue weighted by atomic mass is 10.0. The fourth-order valence-electron chi connectivity index (χ4n) is 2.42. The molecule has 132 valence electrons. The van der Waals surface area contributed by atoms with Gasteiger partial charge in [-0.2, -0.15) is 0 Å². The number of hydrogen-bond donors (Lipinski definition) is 2. The van der Waals surface area contributed by atoms with Crippen LogP contribution in [0.3, 0.4) is 0 Å². The number of rotatable bonds is 5. The van der Waals surface area contributed by atoms with E-state index in [-0.39, 0.29) is 42.6 Å². The zero-order valence-corrected chi connectivity index (χ0v) is 14.7. The van der Waals surface area contributed by atoms with E-state index in [1.165, 1.54) is 12.1 Å². The van der Waals surface area contributed by atoms with Crippen molar-refractivity contribution in [1.82, 2.24) is 10.2 Å². The van der Waals surface area contributed by atoms with E-state index in [0.717, 1.165) is 18.7 Å². The van der Waals surface area contributed by atoms with Gasteiger partial charge in [-0.15, -0.1) is 24.8 Å². The topological polar surface area (TPSA) is 67.6 Å². The summed E-state index contributed by atoms with van der Waals surface area (Å²) in [7, 11) is 0. The van der Waals surface area contributed by atoms with E-state index < -0.39 is 6.04 Å². The first-order chi connectivity index (χ1) is 10.1. The van der Waals surface area contributed by atoms with Crippen LogP contribution in [0.15, 0.2) is 24.3 Å². The molecule has 0 saturated carbocycles. The van der Waals surface area contributed by atoms with E-state index in [2.05, 4.69) is 10.2 Å². The third-order valence-electron chi connectivity index (χ3n) is 3.60. The maximum Gasteiger partial charge on any atom is 0.236 e. The summed E-state index contributed by atoms with van der Waals surface area (Å²) >= 11 is 0. The first kappa shape index (κ1) is 22.1. The minimum absolute atomic E-state index is 0. The molecule has 1 amide bonds. The lowest BCUT2D eigenvalue weighted by Gasteiger charge is -2.35. The van der Waals surface area contributed by atoms with Crippen molar-refractivity contribution in [2.45, 2.75) is 19.0 Å². The number of benzene rings is 1. The van der Waals surface area contributed by atoms with Crippen LogP contribution in [0.1, 0.15) is 18.5 Å². The summed E-state index contributed by atoms with van der Waals surface area (Å²) < 4.78 is 18.8. The van der Waals surface area contributed by atoms with E-state index in [1.807, 2.05) is 6.07 Å². The Morgan fingerprint density at radius 1 is 1.39 bits per heavy atom. The smallest absolute Gasteiger partial charge is 0.236 e. The van der Waals surface area contributed by atoms with Crippen LogP contribution in [0.4, 0.5) is 4.39 Å². The molecule has 5 nitrogen and oxygen atoms in total. The Morgan fingerprint density at radius 2 is 2.04 bits per heavy atom. The van der Waals surface area contributed by atoms with Gasteiger partial charge in [0, 0.05) is 19.6 Å². The third-order valence-corrected chi connectivity index (χ3v) is 3.60. The molecule has 0 bridgehead atoms. The van der Waals surface area contributed by atoms with Crippen LogP contribution >= 0.6 is 24.8 Å². The second-order valence-corrected chi connectivity index (χ2v) is 5.25. The molecule has 1 saturated heterocycles. The number of nitrogens with zero attached hydrogens (tertiary/aromatic N) is 1. The summed E-state index contributed by atoms with van der Waals surface area (Å²) in [6.07, 6.45) is 0. The van der Waals surface area contributed by atoms with Crippen LogP contribution in [0.25, 0.3) is 0 Å². The Kier molecular flexibility index (Phi) is 10.3. The molecule has 0 radical (unpaired) electrons. The highest BCUT2D eigenvalue weighted by Crippen LogP contribution is 2.22. The molecule has 0 aromatic heterocycles. The number of amides is 1. The van der Waals surface area contributed by atoms with Gasteiger partial charge in [0.15, 0.2) is 0 Å². The molecule has 1 aliphatic heterocycles. The van der Waals surface area contributed by atoms with E-state index in [4.69, 9.17) is 10.5 Å². The van der Waals surface area contributed by atoms with Gasteiger partial charge in [-0.05, 0) is 24.6 Å². The van der Waals surface area contributed by atoms with Crippen LogP contribution in [-0.2, 0) is 9.53 Å². The van der Waals surface area contributed by atoms with Crippen LogP contribution in [0.5, 0.6) is 0 Å². The highest BCUT2D eigenvalue weighted by atomic mass is 35.5. The minimum atomic E-state index is -0.553. The normalized spacial score (nSPS) is 17.3. The van der Waals surface area contributed by atoms with Crippen LogP contribution < -0.4 is 11.1 Å². The first-order valence-electron chi connectivity index (χ1n) is 7.18. The van der Waals surface area contributed by atoms with E-state index in [1.54, 1.807) is 13.0 Å². The van der Waals surface area contributed by atoms with Crippen molar-refractivity contribution in [2.75, 3.05) is 32.8 Å². The molecule has 0 aliphatic carbocycles. The van der Waals surface area contributed by atoms with E-state index >= 15 is 0 Å². The van der Waals surface area contributed by atoms with Crippen molar-refractivity contribution in [3.8, 4) is 0 Å². The van der Waals surface area contributed by atoms with Crippen molar-refractivity contribution in [3.63, 3.8) is 0 Å². The Balaban J connectivity index is 0.00000242. The van der Waals surface area contributed by atoms with Crippen molar-refractivity contribution in [2.24, 2.45) is 5.73 Å². The molecule has 1 heterocycles. The largest absolute Gasteiger partial charge is 0.379 e. The first-order valence-corrected chi connectivity index (χ1v) is 7.18. The SMILES string of the molecule is C[C@@H](N)C(=O)NCC(c1cccc(F)c1)N1CCOCC1.Cl.Cl. The number of nitrogens with two attached hydrogens (primary N) is 1. The predicted molar refractivity (Wildman–Crippen MR) is 92.7 cm³/mol. The van der Waals surface area contributed by atoms with Crippen molar-refractivity contribution in [3.05, 3.63) is 35.6 Å². The zero-order chi connectivity index (χ0) is 15.2. The summed E-state index contributed by atoms with van der Waals surface area (Å²) in [4.78, 5) is 13.9. The molecule has 2 rings (SSSR count). The van der Waals surface area contributed by atoms with Crippen LogP contribution in [-0.4, -0.2) is 49.7 Å². The van der Waals surface area contributed by atoms with Crippen LogP contribution in [0, 0.1) is 5.82 Å². The highest BCUT2D eigenvalue weighted by molar-refractivity contribution is 5.85. The predicted octanol–water partition coefficient (Wildman–Crippen LogP) is 1.51. The molecule has 8 heteroatoms. The minimum Gasteiger partial charge on any atom is -0.379 e. The number of carbonyl (C=O) groups excluding carboxylic acids is 1. The zero-order valence-electron chi connectivity index (χ0n) is 13.0. The van der Waals surface area contributed by atoms with Gasteiger partial charge in [0.1, 0.15) is 5.82 Å². The molecule has 3 N–H and O–H groups in total. The average Bonchev–Trinajstić information content (AvgIpc) is 2.48. The second kappa shape index (κ2) is 10.8. The number of halogens is 3. The van der Waals surface area contributed by atoms with Gasteiger partial charge >= 0.3 is 0 Å². The molecule has 1 aromatic carbocycles. The van der Waals surface area contributed by atoms with Gasteiger partial charge in [0.2, 0.25) is 5.91 Å². The molecule has 2 atom stereocenters. The average molecular weight is 368 g/mol. The molecule has 0 spiro atoms. The van der Waals surface area contributed by atoms with Gasteiger partial charge < -0.3 is 15.8 Å². The summed E-state index contributed by atoms with van der Waals surface area (Å²) in [6, 6.07) is 5.86. The van der Waals surface area contributed by atoms with E-state index in [0.29, 0.717) is 19.8 Å². The fraction of sp³-hybridized carbons (Fsp3) is 0.533. The number of morpholine rings is 1. The maximum atomic E-state index is 13.5. The van der Waals surface area contributed by atoms with Crippen molar-refractivity contribution < 1.29 is 13.9 Å². The van der Waals surface area contributed by atoms with Gasteiger partial charge in [-0.1, -0.05) is 12.1 Å². The van der Waals surface area contributed by atoms with Gasteiger partial charge in [-0.3, -0.25) is 9.69 Å². The van der Waals surface area contributed by atoms with Gasteiger partial charge in [0.05, 0.1) is 25.3 Å².